The molecule has 2 N–H and O–H groups in total. The maximum absolute atomic E-state index is 11.9. The number of aliphatic hydroxyl groups excluding tert-OH is 1. The highest BCUT2D eigenvalue weighted by molar-refractivity contribution is 6.32. The van der Waals surface area contributed by atoms with Gasteiger partial charge in [-0.1, -0.05) is 11.6 Å². The fourth-order valence-corrected chi connectivity index (χ4v) is 1.79. The zero-order chi connectivity index (χ0) is 15.0. The average Bonchev–Trinajstić information content (AvgIpc) is 2.43. The molecule has 0 fully saturated rings. The number of nitrogens with zero attached hydrogens (tertiary/aromatic N) is 2. The van der Waals surface area contributed by atoms with Crippen molar-refractivity contribution in [2.45, 2.75) is 19.1 Å². The van der Waals surface area contributed by atoms with E-state index >= 15 is 0 Å². The first kappa shape index (κ1) is 16.9. The number of aliphatic hydroxyl groups is 1. The van der Waals surface area contributed by atoms with Crippen LogP contribution in [0.25, 0.3) is 0 Å². The second kappa shape index (κ2) is 8.91. The van der Waals surface area contributed by atoms with Crippen LogP contribution in [-0.2, 0) is 16.0 Å². The molecule has 1 heterocycles. The molecule has 0 radical (unpaired) electrons. The Hall–Kier alpha value is -1.15. The molecule has 1 aromatic rings. The maximum Gasteiger partial charge on any atom is 0.287 e. The van der Waals surface area contributed by atoms with Crippen LogP contribution in [0.15, 0.2) is 11.0 Å². The first-order valence-corrected chi connectivity index (χ1v) is 6.63. The zero-order valence-corrected chi connectivity index (χ0v) is 12.4. The molecule has 1 aromatic heterocycles. The minimum Gasteiger partial charge on any atom is -0.391 e. The Morgan fingerprint density at radius 2 is 2.25 bits per heavy atom. The summed E-state index contributed by atoms with van der Waals surface area (Å²) in [6.45, 7) is 1.47. The topological polar surface area (TPSA) is 85.6 Å². The van der Waals surface area contributed by atoms with Crippen LogP contribution in [0.4, 0.5) is 5.69 Å². The molecule has 0 amide bonds. The van der Waals surface area contributed by atoms with Gasteiger partial charge in [-0.3, -0.25) is 4.79 Å². The number of rotatable bonds is 9. The molecule has 20 heavy (non-hydrogen) atoms. The van der Waals surface area contributed by atoms with Crippen LogP contribution in [0.5, 0.6) is 0 Å². The lowest BCUT2D eigenvalue weighted by atomic mass is 10.2. The first-order chi connectivity index (χ1) is 9.60. The molecule has 0 saturated heterocycles. The van der Waals surface area contributed by atoms with Crippen LogP contribution in [-0.4, -0.2) is 55.0 Å². The van der Waals surface area contributed by atoms with Crippen LogP contribution in [0.3, 0.4) is 0 Å². The van der Waals surface area contributed by atoms with Gasteiger partial charge in [-0.25, -0.2) is 4.68 Å². The van der Waals surface area contributed by atoms with Gasteiger partial charge in [0.1, 0.15) is 5.02 Å². The van der Waals surface area contributed by atoms with Gasteiger partial charge in [0.25, 0.3) is 5.56 Å². The van der Waals surface area contributed by atoms with Gasteiger partial charge in [-0.2, -0.15) is 5.10 Å². The van der Waals surface area contributed by atoms with Crippen LogP contribution in [0, 0.1) is 0 Å². The first-order valence-electron chi connectivity index (χ1n) is 6.25. The molecule has 0 saturated carbocycles. The van der Waals surface area contributed by atoms with E-state index < -0.39 is 6.10 Å². The fraction of sp³-hybridized carbons (Fsp3) is 0.667. The average molecular weight is 306 g/mol. The summed E-state index contributed by atoms with van der Waals surface area (Å²) in [6.07, 6.45) is 1.42. The number of halogens is 1. The molecular formula is C12H20ClN3O4. The van der Waals surface area contributed by atoms with Crippen molar-refractivity contribution in [2.24, 2.45) is 0 Å². The highest BCUT2D eigenvalue weighted by atomic mass is 35.5. The quantitative estimate of drug-likeness (QED) is 0.685. The van der Waals surface area contributed by atoms with E-state index in [4.69, 9.17) is 21.1 Å². The number of aromatic nitrogens is 2. The number of anilines is 1. The fourth-order valence-electron chi connectivity index (χ4n) is 1.57. The standard InChI is InChI=1S/C12H20ClN3O4/c1-19-6-5-16-12(18)11(13)10(7-15-16)14-4-3-9(17)8-20-2/h7,9,14,17H,3-6,8H2,1-2H3. The summed E-state index contributed by atoms with van der Waals surface area (Å²) >= 11 is 5.99. The molecule has 1 unspecified atom stereocenters. The SMILES string of the molecule is COCCn1ncc(NCCC(O)COC)c(Cl)c1=O. The summed E-state index contributed by atoms with van der Waals surface area (Å²) in [4.78, 5) is 11.9. The second-order valence-corrected chi connectivity index (χ2v) is 4.60. The molecule has 0 aromatic carbocycles. The van der Waals surface area contributed by atoms with Gasteiger partial charge in [0.15, 0.2) is 0 Å². The van der Waals surface area contributed by atoms with Crippen LogP contribution in [0.2, 0.25) is 5.02 Å². The van der Waals surface area contributed by atoms with Crippen molar-refractivity contribution in [2.75, 3.05) is 39.3 Å². The molecule has 0 aliphatic carbocycles. The van der Waals surface area contributed by atoms with Crippen molar-refractivity contribution in [1.82, 2.24) is 9.78 Å². The predicted octanol–water partition coefficient (Wildman–Crippen LogP) is 0.352. The molecule has 0 aliphatic heterocycles. The Balaban J connectivity index is 2.59. The van der Waals surface area contributed by atoms with E-state index in [2.05, 4.69) is 10.4 Å². The molecule has 0 bridgehead atoms. The molecule has 1 rings (SSSR count). The molecule has 1 atom stereocenters. The van der Waals surface area contributed by atoms with Crippen molar-refractivity contribution in [3.63, 3.8) is 0 Å². The third-order valence-electron chi connectivity index (χ3n) is 2.64. The van der Waals surface area contributed by atoms with Crippen molar-refractivity contribution in [1.29, 1.82) is 0 Å². The number of hydrogen-bond acceptors (Lipinski definition) is 6. The van der Waals surface area contributed by atoms with Crippen molar-refractivity contribution in [3.05, 3.63) is 21.6 Å². The summed E-state index contributed by atoms with van der Waals surface area (Å²) in [5, 5.41) is 16.6. The number of nitrogens with one attached hydrogen (secondary N) is 1. The van der Waals surface area contributed by atoms with E-state index in [9.17, 15) is 9.90 Å². The number of ether oxygens (including phenoxy) is 2. The van der Waals surface area contributed by atoms with Crippen LogP contribution < -0.4 is 10.9 Å². The minimum absolute atomic E-state index is 0.0809. The maximum atomic E-state index is 11.9. The van der Waals surface area contributed by atoms with Crippen LogP contribution in [0.1, 0.15) is 6.42 Å². The lowest BCUT2D eigenvalue weighted by Crippen LogP contribution is -2.26. The van der Waals surface area contributed by atoms with Crippen molar-refractivity contribution < 1.29 is 14.6 Å². The van der Waals surface area contributed by atoms with Gasteiger partial charge in [0.05, 0.1) is 37.7 Å². The monoisotopic (exact) mass is 305 g/mol. The Morgan fingerprint density at radius 3 is 2.90 bits per heavy atom. The smallest absolute Gasteiger partial charge is 0.287 e. The molecule has 8 heteroatoms. The Labute approximate surface area is 122 Å². The third kappa shape index (κ3) is 5.09. The molecule has 0 spiro atoms. The van der Waals surface area contributed by atoms with E-state index in [0.29, 0.717) is 31.8 Å². The molecule has 114 valence electrons. The summed E-state index contributed by atoms with van der Waals surface area (Å²) in [6, 6.07) is 0. The highest BCUT2D eigenvalue weighted by Gasteiger charge is 2.09. The van der Waals surface area contributed by atoms with Crippen molar-refractivity contribution in [3.8, 4) is 0 Å². The normalized spacial score (nSPS) is 12.4. The van der Waals surface area contributed by atoms with Crippen LogP contribution >= 0.6 is 11.6 Å². The largest absolute Gasteiger partial charge is 0.391 e. The van der Waals surface area contributed by atoms with Gasteiger partial charge in [0.2, 0.25) is 0 Å². The highest BCUT2D eigenvalue weighted by Crippen LogP contribution is 2.15. The van der Waals surface area contributed by atoms with E-state index in [1.165, 1.54) is 18.0 Å². The Kier molecular flexibility index (Phi) is 7.53. The van der Waals surface area contributed by atoms with Crippen molar-refractivity contribution >= 4 is 17.3 Å². The van der Waals surface area contributed by atoms with E-state index in [-0.39, 0.29) is 17.2 Å². The van der Waals surface area contributed by atoms with E-state index in [1.807, 2.05) is 0 Å². The third-order valence-corrected chi connectivity index (χ3v) is 3.01. The van der Waals surface area contributed by atoms with Gasteiger partial charge in [-0.05, 0) is 6.42 Å². The van der Waals surface area contributed by atoms with E-state index in [1.54, 1.807) is 7.11 Å². The Bertz CT molecular complexity index is 467. The molecule has 7 nitrogen and oxygen atoms in total. The van der Waals surface area contributed by atoms with Gasteiger partial charge < -0.3 is 19.9 Å². The molecule has 0 aliphatic rings. The zero-order valence-electron chi connectivity index (χ0n) is 11.6. The summed E-state index contributed by atoms with van der Waals surface area (Å²) < 4.78 is 11.0. The number of hydrogen-bond donors (Lipinski definition) is 2. The van der Waals surface area contributed by atoms with Gasteiger partial charge in [-0.15, -0.1) is 0 Å². The summed E-state index contributed by atoms with van der Waals surface area (Å²) in [7, 11) is 3.07. The summed E-state index contributed by atoms with van der Waals surface area (Å²) in [5.74, 6) is 0. The van der Waals surface area contributed by atoms with Gasteiger partial charge >= 0.3 is 0 Å². The molecular weight excluding hydrogens is 286 g/mol. The van der Waals surface area contributed by atoms with Gasteiger partial charge in [0, 0.05) is 20.8 Å². The second-order valence-electron chi connectivity index (χ2n) is 4.22. The predicted molar refractivity (Wildman–Crippen MR) is 76.4 cm³/mol. The number of methoxy groups -OCH3 is 2. The minimum atomic E-state index is -0.554. The summed E-state index contributed by atoms with van der Waals surface area (Å²) in [5.41, 5.74) is 0.0844. The lowest BCUT2D eigenvalue weighted by molar-refractivity contribution is 0.0615. The Morgan fingerprint density at radius 1 is 1.50 bits per heavy atom. The van der Waals surface area contributed by atoms with E-state index in [0.717, 1.165) is 0 Å². The lowest BCUT2D eigenvalue weighted by Gasteiger charge is -2.12.